The fourth-order valence-corrected chi connectivity index (χ4v) is 0.530. The first-order valence-electron chi connectivity index (χ1n) is 1.92. The van der Waals surface area contributed by atoms with E-state index < -0.39 is 7.71 Å². The monoisotopic (exact) mass is 122 g/mol. The van der Waals surface area contributed by atoms with Crippen LogP contribution in [-0.2, 0) is 0 Å². The van der Waals surface area contributed by atoms with Crippen molar-refractivity contribution in [3.63, 3.8) is 0 Å². The van der Waals surface area contributed by atoms with Gasteiger partial charge in [-0.2, -0.15) is 0 Å². The number of hydrogen-bond donors (Lipinski definition) is 4. The van der Waals surface area contributed by atoms with Gasteiger partial charge in [-0.3, -0.25) is 0 Å². The molecule has 0 bridgehead atoms. The molecule has 0 aromatic rings. The molecule has 5 heteroatoms. The van der Waals surface area contributed by atoms with Crippen LogP contribution in [0, 0.1) is 5.41 Å². The van der Waals surface area contributed by atoms with Crippen molar-refractivity contribution < 1.29 is 0 Å². The van der Waals surface area contributed by atoms with E-state index >= 15 is 0 Å². The first-order chi connectivity index (χ1) is 3.06. The fraction of sp³-hybridized carbons (Fsp3) is 0.500. The van der Waals surface area contributed by atoms with Crippen molar-refractivity contribution >= 4 is 13.9 Å². The van der Waals surface area contributed by atoms with Crippen molar-refractivity contribution in [2.24, 2.45) is 16.5 Å². The predicted octanol–water partition coefficient (Wildman–Crippen LogP) is -0.993. The average Bonchev–Trinajstić information content (AvgIpc) is 1.30. The van der Waals surface area contributed by atoms with Crippen LogP contribution in [0.15, 0.2) is 0 Å². The number of hydrogen-bond acceptors (Lipinski definition) is 4. The molecule has 0 unspecified atom stereocenters. The molecule has 0 rings (SSSR count). The summed E-state index contributed by atoms with van der Waals surface area (Å²) in [5, 5.41) is 6.53. The van der Waals surface area contributed by atoms with Crippen LogP contribution in [0.1, 0.15) is 0 Å². The van der Waals surface area contributed by atoms with Gasteiger partial charge in [-0.25, -0.2) is 0 Å². The van der Waals surface area contributed by atoms with Crippen molar-refractivity contribution in [1.29, 1.82) is 5.41 Å². The van der Waals surface area contributed by atoms with E-state index in [4.69, 9.17) is 21.9 Å². The Hall–Kier alpha value is -0.0200. The van der Waals surface area contributed by atoms with Gasteiger partial charge in [-0.1, -0.05) is 0 Å². The summed E-state index contributed by atoms with van der Waals surface area (Å²) in [7, 11) is -2.40. The summed E-state index contributed by atoms with van der Waals surface area (Å²) >= 11 is 0. The van der Waals surface area contributed by atoms with Gasteiger partial charge in [0.25, 0.3) is 0 Å². The van der Waals surface area contributed by atoms with E-state index in [1.165, 1.54) is 0 Å². The third-order valence-corrected chi connectivity index (χ3v) is 1.37. The molecule has 0 atom stereocenters. The van der Waals surface area contributed by atoms with Crippen LogP contribution in [0.3, 0.4) is 0 Å². The molecule has 0 saturated heterocycles. The van der Waals surface area contributed by atoms with Crippen LogP contribution < -0.4 is 16.5 Å². The van der Waals surface area contributed by atoms with E-state index in [0.29, 0.717) is 6.16 Å². The van der Waals surface area contributed by atoms with Crippen LogP contribution in [0.25, 0.3) is 0 Å². The zero-order chi connectivity index (χ0) is 5.91. The quantitative estimate of drug-likeness (QED) is 0.279. The van der Waals surface area contributed by atoms with Gasteiger partial charge in [0, 0.05) is 0 Å². The molecule has 0 spiro atoms. The summed E-state index contributed by atoms with van der Waals surface area (Å²) in [4.78, 5) is 0. The molecule has 0 aliphatic carbocycles. The molecule has 0 aliphatic heterocycles. The van der Waals surface area contributed by atoms with Gasteiger partial charge in [-0.15, -0.1) is 0 Å². The van der Waals surface area contributed by atoms with Gasteiger partial charge in [0.1, 0.15) is 0 Å². The molecule has 0 heterocycles. The standard InChI is InChI=1S/C2H11N4P/c3-1-2-7(4,5)6/h1,3,7H,2,4-6H2. The van der Waals surface area contributed by atoms with Crippen molar-refractivity contribution in [1.82, 2.24) is 0 Å². The Bertz CT molecular complexity index is 64.6. The molecule has 0 amide bonds. The van der Waals surface area contributed by atoms with Crippen molar-refractivity contribution in [3.8, 4) is 0 Å². The van der Waals surface area contributed by atoms with Gasteiger partial charge in [0.05, 0.1) is 0 Å². The molecule has 4 nitrogen and oxygen atoms in total. The number of rotatable bonds is 2. The maximum absolute atomic E-state index is 6.53. The second-order valence-electron chi connectivity index (χ2n) is 1.52. The van der Waals surface area contributed by atoms with E-state index in [0.717, 1.165) is 6.21 Å². The molecule has 44 valence electrons. The predicted molar refractivity (Wildman–Crippen MR) is 34.5 cm³/mol. The minimum absolute atomic E-state index is 0.354. The number of nitrogens with two attached hydrogens (primary N) is 3. The van der Waals surface area contributed by atoms with E-state index in [9.17, 15) is 0 Å². The van der Waals surface area contributed by atoms with Crippen LogP contribution in [0.5, 0.6) is 0 Å². The van der Waals surface area contributed by atoms with Crippen LogP contribution in [-0.4, -0.2) is 12.4 Å². The van der Waals surface area contributed by atoms with E-state index in [1.54, 1.807) is 0 Å². The van der Waals surface area contributed by atoms with Crippen molar-refractivity contribution in [2.45, 2.75) is 0 Å². The third kappa shape index (κ3) is 5.98. The Morgan fingerprint density at radius 2 is 1.86 bits per heavy atom. The van der Waals surface area contributed by atoms with Gasteiger partial charge in [0.2, 0.25) is 0 Å². The van der Waals surface area contributed by atoms with E-state index in [2.05, 4.69) is 0 Å². The van der Waals surface area contributed by atoms with E-state index in [-0.39, 0.29) is 0 Å². The zero-order valence-electron chi connectivity index (χ0n) is 4.02. The van der Waals surface area contributed by atoms with Crippen LogP contribution >= 0.6 is 7.71 Å². The van der Waals surface area contributed by atoms with Gasteiger partial charge in [0.15, 0.2) is 0 Å². The van der Waals surface area contributed by atoms with E-state index in [1.807, 2.05) is 0 Å². The summed E-state index contributed by atoms with van der Waals surface area (Å²) in [6.45, 7) is 0. The molecule has 0 fully saturated rings. The molecule has 0 radical (unpaired) electrons. The van der Waals surface area contributed by atoms with Crippen molar-refractivity contribution in [2.75, 3.05) is 6.16 Å². The topological polar surface area (TPSA) is 102 Å². The first-order valence-corrected chi connectivity index (χ1v) is 4.36. The third-order valence-electron chi connectivity index (χ3n) is 0.456. The maximum atomic E-state index is 6.53. The Labute approximate surface area is 43.1 Å². The summed E-state index contributed by atoms with van der Waals surface area (Å²) in [6, 6.07) is 0. The summed E-state index contributed by atoms with van der Waals surface area (Å²) in [5.74, 6) is 0. The fourth-order valence-electron chi connectivity index (χ4n) is 0.177. The molecular formula is C2H11N4P. The molecule has 0 aromatic heterocycles. The van der Waals surface area contributed by atoms with Crippen molar-refractivity contribution in [3.05, 3.63) is 0 Å². The van der Waals surface area contributed by atoms with Gasteiger partial charge < -0.3 is 0 Å². The zero-order valence-corrected chi connectivity index (χ0v) is 5.02. The second-order valence-corrected chi connectivity index (χ2v) is 4.15. The summed E-state index contributed by atoms with van der Waals surface area (Å²) in [5.41, 5.74) is 15.6. The summed E-state index contributed by atoms with van der Waals surface area (Å²) in [6.07, 6.45) is 1.50. The Balaban J connectivity index is 3.34. The normalized spacial score (nSPS) is 13.6. The molecule has 7 N–H and O–H groups in total. The Morgan fingerprint density at radius 1 is 1.43 bits per heavy atom. The molecule has 0 saturated carbocycles. The molecule has 7 heavy (non-hydrogen) atoms. The Morgan fingerprint density at radius 3 is 1.86 bits per heavy atom. The SMILES string of the molecule is N=CC[PH](N)(N)N. The van der Waals surface area contributed by atoms with Crippen LogP contribution in [0.2, 0.25) is 0 Å². The number of nitrogens with one attached hydrogen (secondary N) is 1. The van der Waals surface area contributed by atoms with Gasteiger partial charge in [-0.05, 0) is 0 Å². The second kappa shape index (κ2) is 2.33. The molecule has 0 aliphatic rings. The minimum atomic E-state index is -2.40. The first kappa shape index (κ1) is 6.98. The van der Waals surface area contributed by atoms with Crippen LogP contribution in [0.4, 0.5) is 0 Å². The molecular weight excluding hydrogens is 111 g/mol. The van der Waals surface area contributed by atoms with Gasteiger partial charge >= 0.3 is 42.0 Å². The Kier molecular flexibility index (Phi) is 2.32. The molecule has 0 aromatic carbocycles. The average molecular weight is 122 g/mol. The summed E-state index contributed by atoms with van der Waals surface area (Å²) < 4.78 is 0.